The maximum absolute atomic E-state index is 5.50. The molecule has 19 heavy (non-hydrogen) atoms. The molecule has 2 unspecified atom stereocenters. The van der Waals surface area contributed by atoms with Gasteiger partial charge in [0, 0.05) is 19.3 Å². The number of aromatic amines is 1. The second-order valence-corrected chi connectivity index (χ2v) is 5.27. The molecule has 4 heteroatoms. The van der Waals surface area contributed by atoms with Gasteiger partial charge in [0.1, 0.15) is 5.82 Å². The molecule has 0 aliphatic carbocycles. The van der Waals surface area contributed by atoms with Crippen molar-refractivity contribution >= 4 is 11.0 Å². The number of imidazole rings is 1. The molecule has 4 nitrogen and oxygen atoms in total. The van der Waals surface area contributed by atoms with Gasteiger partial charge in [-0.3, -0.25) is 0 Å². The lowest BCUT2D eigenvalue weighted by atomic mass is 10.1. The fourth-order valence-corrected chi connectivity index (χ4v) is 2.68. The molecule has 2 atom stereocenters. The van der Waals surface area contributed by atoms with E-state index in [9.17, 15) is 0 Å². The minimum Gasteiger partial charge on any atom is -0.381 e. The van der Waals surface area contributed by atoms with Crippen molar-refractivity contribution in [2.45, 2.75) is 38.3 Å². The molecule has 102 valence electrons. The SMILES string of the molecule is CC(NC1CCCOCC1)c1nc2ccccc2[nH]1. The van der Waals surface area contributed by atoms with Crippen molar-refractivity contribution in [3.8, 4) is 0 Å². The van der Waals surface area contributed by atoms with Crippen LogP contribution in [0.15, 0.2) is 24.3 Å². The van der Waals surface area contributed by atoms with E-state index in [1.165, 1.54) is 6.42 Å². The summed E-state index contributed by atoms with van der Waals surface area (Å²) in [5.74, 6) is 1.02. The molecule has 2 aromatic rings. The standard InChI is InChI=1S/C15H21N3O/c1-11(16-12-5-4-9-19-10-8-12)15-17-13-6-2-3-7-14(13)18-15/h2-3,6-7,11-12,16H,4-5,8-10H2,1H3,(H,17,18). The Balaban J connectivity index is 1.70. The molecule has 0 amide bonds. The summed E-state index contributed by atoms with van der Waals surface area (Å²) in [6, 6.07) is 8.94. The van der Waals surface area contributed by atoms with Crippen LogP contribution in [-0.4, -0.2) is 29.2 Å². The normalized spacial score (nSPS) is 22.3. The van der Waals surface area contributed by atoms with Gasteiger partial charge in [-0.2, -0.15) is 0 Å². The summed E-state index contributed by atoms with van der Waals surface area (Å²) in [7, 11) is 0. The zero-order valence-corrected chi connectivity index (χ0v) is 11.4. The first-order valence-electron chi connectivity index (χ1n) is 7.11. The molecule has 1 aliphatic heterocycles. The van der Waals surface area contributed by atoms with Gasteiger partial charge >= 0.3 is 0 Å². The summed E-state index contributed by atoms with van der Waals surface area (Å²) in [4.78, 5) is 8.05. The lowest BCUT2D eigenvalue weighted by Crippen LogP contribution is -2.32. The third-order valence-electron chi connectivity index (χ3n) is 3.76. The molecule has 1 aliphatic rings. The van der Waals surface area contributed by atoms with Crippen molar-refractivity contribution < 1.29 is 4.74 Å². The molecular formula is C15H21N3O. The van der Waals surface area contributed by atoms with Gasteiger partial charge in [-0.15, -0.1) is 0 Å². The molecule has 2 N–H and O–H groups in total. The number of H-pyrrole nitrogens is 1. The van der Waals surface area contributed by atoms with Gasteiger partial charge in [0.05, 0.1) is 17.1 Å². The molecule has 0 saturated carbocycles. The molecule has 0 spiro atoms. The largest absolute Gasteiger partial charge is 0.381 e. The Bertz CT molecular complexity index is 496. The molecule has 2 heterocycles. The Labute approximate surface area is 113 Å². The fourth-order valence-electron chi connectivity index (χ4n) is 2.68. The Morgan fingerprint density at radius 3 is 3.11 bits per heavy atom. The Morgan fingerprint density at radius 2 is 2.21 bits per heavy atom. The second-order valence-electron chi connectivity index (χ2n) is 5.27. The monoisotopic (exact) mass is 259 g/mol. The van der Waals surface area contributed by atoms with Crippen molar-refractivity contribution in [2.75, 3.05) is 13.2 Å². The van der Waals surface area contributed by atoms with E-state index < -0.39 is 0 Å². The van der Waals surface area contributed by atoms with Crippen LogP contribution in [0.25, 0.3) is 11.0 Å². The van der Waals surface area contributed by atoms with E-state index in [-0.39, 0.29) is 6.04 Å². The predicted octanol–water partition coefficient (Wildman–Crippen LogP) is 2.78. The van der Waals surface area contributed by atoms with Crippen LogP contribution in [0, 0.1) is 0 Å². The second kappa shape index (κ2) is 5.72. The van der Waals surface area contributed by atoms with Crippen LogP contribution < -0.4 is 5.32 Å². The summed E-state index contributed by atoms with van der Waals surface area (Å²) in [6.45, 7) is 3.94. The topological polar surface area (TPSA) is 49.9 Å². The number of fused-ring (bicyclic) bond motifs is 1. The number of nitrogens with zero attached hydrogens (tertiary/aromatic N) is 1. The van der Waals surface area contributed by atoms with Crippen LogP contribution in [0.2, 0.25) is 0 Å². The minimum absolute atomic E-state index is 0.246. The van der Waals surface area contributed by atoms with Crippen molar-refractivity contribution in [3.63, 3.8) is 0 Å². The molecule has 3 rings (SSSR count). The number of hydrogen-bond donors (Lipinski definition) is 2. The third kappa shape index (κ3) is 2.96. The Kier molecular flexibility index (Phi) is 3.80. The lowest BCUT2D eigenvalue weighted by Gasteiger charge is -2.20. The van der Waals surface area contributed by atoms with Gasteiger partial charge in [-0.05, 0) is 38.3 Å². The van der Waals surface area contributed by atoms with Gasteiger partial charge in [-0.1, -0.05) is 12.1 Å². The highest BCUT2D eigenvalue weighted by atomic mass is 16.5. The molecule has 1 aromatic heterocycles. The molecular weight excluding hydrogens is 238 g/mol. The molecule has 1 saturated heterocycles. The average Bonchev–Trinajstić information content (AvgIpc) is 2.70. The predicted molar refractivity (Wildman–Crippen MR) is 76.1 cm³/mol. The molecule has 0 bridgehead atoms. The highest BCUT2D eigenvalue weighted by Crippen LogP contribution is 2.18. The maximum Gasteiger partial charge on any atom is 0.124 e. The highest BCUT2D eigenvalue weighted by molar-refractivity contribution is 5.74. The van der Waals surface area contributed by atoms with Crippen LogP contribution in [0.5, 0.6) is 0 Å². The first kappa shape index (κ1) is 12.6. The van der Waals surface area contributed by atoms with Gasteiger partial charge in [-0.25, -0.2) is 4.98 Å². The minimum atomic E-state index is 0.246. The third-order valence-corrected chi connectivity index (χ3v) is 3.76. The van der Waals surface area contributed by atoms with E-state index in [1.807, 2.05) is 18.2 Å². The summed E-state index contributed by atoms with van der Waals surface area (Å²) in [5.41, 5.74) is 2.14. The van der Waals surface area contributed by atoms with Gasteiger partial charge in [0.2, 0.25) is 0 Å². The van der Waals surface area contributed by atoms with Crippen molar-refractivity contribution in [1.82, 2.24) is 15.3 Å². The van der Waals surface area contributed by atoms with E-state index in [4.69, 9.17) is 4.74 Å². The van der Waals surface area contributed by atoms with Crippen LogP contribution in [0.4, 0.5) is 0 Å². The zero-order valence-electron chi connectivity index (χ0n) is 11.4. The molecule has 1 fully saturated rings. The fraction of sp³-hybridized carbons (Fsp3) is 0.533. The van der Waals surface area contributed by atoms with E-state index in [2.05, 4.69) is 28.3 Å². The van der Waals surface area contributed by atoms with E-state index in [0.717, 1.165) is 42.9 Å². The Morgan fingerprint density at radius 1 is 1.32 bits per heavy atom. The first-order valence-corrected chi connectivity index (χ1v) is 7.11. The molecule has 0 radical (unpaired) electrons. The lowest BCUT2D eigenvalue weighted by molar-refractivity contribution is 0.142. The number of ether oxygens (including phenoxy) is 1. The maximum atomic E-state index is 5.50. The summed E-state index contributed by atoms with van der Waals surface area (Å²) in [6.07, 6.45) is 3.42. The number of benzene rings is 1. The summed E-state index contributed by atoms with van der Waals surface area (Å²) in [5, 5.41) is 3.66. The van der Waals surface area contributed by atoms with Gasteiger partial charge < -0.3 is 15.0 Å². The van der Waals surface area contributed by atoms with E-state index in [1.54, 1.807) is 0 Å². The average molecular weight is 259 g/mol. The van der Waals surface area contributed by atoms with Crippen LogP contribution in [-0.2, 0) is 4.74 Å². The number of aromatic nitrogens is 2. The van der Waals surface area contributed by atoms with Crippen LogP contribution in [0.3, 0.4) is 0 Å². The van der Waals surface area contributed by atoms with Crippen LogP contribution >= 0.6 is 0 Å². The smallest absolute Gasteiger partial charge is 0.124 e. The van der Waals surface area contributed by atoms with Gasteiger partial charge in [0.15, 0.2) is 0 Å². The Hall–Kier alpha value is -1.39. The number of nitrogens with one attached hydrogen (secondary N) is 2. The number of rotatable bonds is 3. The zero-order chi connectivity index (χ0) is 13.1. The van der Waals surface area contributed by atoms with Crippen LogP contribution in [0.1, 0.15) is 38.1 Å². The van der Waals surface area contributed by atoms with Crippen molar-refractivity contribution in [3.05, 3.63) is 30.1 Å². The quantitative estimate of drug-likeness (QED) is 0.891. The summed E-state index contributed by atoms with van der Waals surface area (Å²) >= 11 is 0. The van der Waals surface area contributed by atoms with Crippen molar-refractivity contribution in [1.29, 1.82) is 0 Å². The highest BCUT2D eigenvalue weighted by Gasteiger charge is 2.17. The van der Waals surface area contributed by atoms with E-state index >= 15 is 0 Å². The summed E-state index contributed by atoms with van der Waals surface area (Å²) < 4.78 is 5.50. The molecule has 1 aromatic carbocycles. The van der Waals surface area contributed by atoms with Crippen molar-refractivity contribution in [2.24, 2.45) is 0 Å². The first-order chi connectivity index (χ1) is 9.33. The number of hydrogen-bond acceptors (Lipinski definition) is 3. The van der Waals surface area contributed by atoms with Gasteiger partial charge in [0.25, 0.3) is 0 Å². The van der Waals surface area contributed by atoms with E-state index in [0.29, 0.717) is 6.04 Å². The number of para-hydroxylation sites is 2.